The molecule has 1 saturated heterocycles. The van der Waals surface area contributed by atoms with Crippen LogP contribution in [0.25, 0.3) is 0 Å². The Bertz CT molecular complexity index is 547. The molecule has 1 N–H and O–H groups in total. The van der Waals surface area contributed by atoms with Gasteiger partial charge in [-0.1, -0.05) is 0 Å². The molecule has 1 aromatic heterocycles. The first kappa shape index (κ1) is 13.4. The lowest BCUT2D eigenvalue weighted by molar-refractivity contribution is -0.254. The van der Waals surface area contributed by atoms with Gasteiger partial charge >= 0.3 is 6.03 Å². The van der Waals surface area contributed by atoms with Crippen LogP contribution < -0.4 is 10.4 Å². The molecular formula is C14H17N2O3S-. The van der Waals surface area contributed by atoms with Gasteiger partial charge in [-0.3, -0.25) is 5.32 Å². The molecule has 1 aliphatic heterocycles. The fraction of sp³-hybridized carbons (Fsp3) is 0.571. The zero-order valence-corrected chi connectivity index (χ0v) is 12.1. The molecular weight excluding hydrogens is 276 g/mol. The van der Waals surface area contributed by atoms with Crippen LogP contribution in [0.1, 0.15) is 46.5 Å². The first-order valence-corrected chi connectivity index (χ1v) is 7.90. The highest BCUT2D eigenvalue weighted by Gasteiger charge is 2.24. The number of carboxylic acid groups (broad SMARTS) is 1. The van der Waals surface area contributed by atoms with Crippen molar-refractivity contribution in [2.45, 2.75) is 38.5 Å². The van der Waals surface area contributed by atoms with Gasteiger partial charge in [-0.15, -0.1) is 11.3 Å². The molecule has 0 aromatic carbocycles. The molecule has 108 valence electrons. The van der Waals surface area contributed by atoms with Crippen molar-refractivity contribution < 1.29 is 14.7 Å². The number of likely N-dealkylation sites (tertiary alicyclic amines) is 1. The summed E-state index contributed by atoms with van der Waals surface area (Å²) in [7, 11) is 0. The molecule has 0 unspecified atom stereocenters. The number of aromatic carboxylic acids is 1. The van der Waals surface area contributed by atoms with E-state index in [9.17, 15) is 14.7 Å². The summed E-state index contributed by atoms with van der Waals surface area (Å²) >= 11 is 1.40. The Hall–Kier alpha value is -1.56. The second kappa shape index (κ2) is 5.44. The normalized spacial score (nSPS) is 17.9. The number of thiophene rings is 1. The van der Waals surface area contributed by atoms with E-state index in [4.69, 9.17) is 0 Å². The zero-order valence-electron chi connectivity index (χ0n) is 11.2. The van der Waals surface area contributed by atoms with E-state index < -0.39 is 5.97 Å². The molecule has 6 heteroatoms. The fourth-order valence-corrected chi connectivity index (χ4v) is 4.23. The number of hydrogen-bond acceptors (Lipinski definition) is 4. The second-order valence-corrected chi connectivity index (χ2v) is 6.43. The minimum Gasteiger partial charge on any atom is -0.545 e. The van der Waals surface area contributed by atoms with E-state index in [2.05, 4.69) is 5.32 Å². The minimum absolute atomic E-state index is 0.191. The number of urea groups is 1. The van der Waals surface area contributed by atoms with Crippen LogP contribution in [0.5, 0.6) is 0 Å². The van der Waals surface area contributed by atoms with Gasteiger partial charge < -0.3 is 14.8 Å². The van der Waals surface area contributed by atoms with Crippen LogP contribution in [0.3, 0.4) is 0 Å². The summed E-state index contributed by atoms with van der Waals surface area (Å²) in [6.07, 6.45) is 5.79. The van der Waals surface area contributed by atoms with Crippen LogP contribution in [0.2, 0.25) is 0 Å². The average molecular weight is 293 g/mol. The number of carbonyl (C=O) groups excluding carboxylic acids is 2. The van der Waals surface area contributed by atoms with Gasteiger partial charge in [-0.25, -0.2) is 4.79 Å². The Morgan fingerprint density at radius 2 is 1.80 bits per heavy atom. The predicted molar refractivity (Wildman–Crippen MR) is 75.1 cm³/mol. The molecule has 5 nitrogen and oxygen atoms in total. The van der Waals surface area contributed by atoms with Crippen LogP contribution in [-0.2, 0) is 12.8 Å². The lowest BCUT2D eigenvalue weighted by Gasteiger charge is -2.17. The third-order valence-electron chi connectivity index (χ3n) is 3.99. The van der Waals surface area contributed by atoms with Gasteiger partial charge in [0.15, 0.2) is 0 Å². The third kappa shape index (κ3) is 2.40. The first-order chi connectivity index (χ1) is 9.66. The topological polar surface area (TPSA) is 72.5 Å². The quantitative estimate of drug-likeness (QED) is 0.900. The molecule has 0 atom stereocenters. The van der Waals surface area contributed by atoms with Crippen molar-refractivity contribution in [2.75, 3.05) is 18.4 Å². The molecule has 2 aliphatic rings. The third-order valence-corrected chi connectivity index (χ3v) is 5.20. The number of carboxylic acids is 1. The number of fused-ring (bicyclic) bond motifs is 1. The SMILES string of the molecule is O=C([O-])c1c(NC(=O)N2CCCC2)sc2c1CCCC2. The maximum atomic E-state index is 12.1. The molecule has 1 aromatic rings. The zero-order chi connectivity index (χ0) is 14.1. The number of anilines is 1. The Balaban J connectivity index is 1.86. The van der Waals surface area contributed by atoms with Gasteiger partial charge in [0.2, 0.25) is 0 Å². The Morgan fingerprint density at radius 3 is 2.50 bits per heavy atom. The summed E-state index contributed by atoms with van der Waals surface area (Å²) in [4.78, 5) is 26.3. The highest BCUT2D eigenvalue weighted by atomic mass is 32.1. The summed E-state index contributed by atoms with van der Waals surface area (Å²) in [5, 5.41) is 14.6. The molecule has 2 heterocycles. The van der Waals surface area contributed by atoms with Crippen molar-refractivity contribution >= 4 is 28.3 Å². The molecule has 0 saturated carbocycles. The summed E-state index contributed by atoms with van der Waals surface area (Å²) in [5.74, 6) is -1.18. The van der Waals surface area contributed by atoms with Gasteiger partial charge in [0.1, 0.15) is 5.00 Å². The predicted octanol–water partition coefficient (Wildman–Crippen LogP) is 1.62. The molecule has 0 spiro atoms. The molecule has 2 amide bonds. The minimum atomic E-state index is -1.18. The lowest BCUT2D eigenvalue weighted by atomic mass is 9.95. The van der Waals surface area contributed by atoms with Gasteiger partial charge in [0, 0.05) is 23.5 Å². The Kier molecular flexibility index (Phi) is 3.65. The molecule has 0 bridgehead atoms. The van der Waals surface area contributed by atoms with Crippen LogP contribution in [0, 0.1) is 0 Å². The smallest absolute Gasteiger partial charge is 0.322 e. The van der Waals surface area contributed by atoms with Crippen LogP contribution >= 0.6 is 11.3 Å². The van der Waals surface area contributed by atoms with Gasteiger partial charge in [0.25, 0.3) is 0 Å². The van der Waals surface area contributed by atoms with Crippen LogP contribution in [-0.4, -0.2) is 30.0 Å². The summed E-state index contributed by atoms with van der Waals surface area (Å²) in [5.41, 5.74) is 1.08. The number of nitrogens with one attached hydrogen (secondary N) is 1. The molecule has 0 radical (unpaired) electrons. The maximum absolute atomic E-state index is 12.1. The number of hydrogen-bond donors (Lipinski definition) is 1. The maximum Gasteiger partial charge on any atom is 0.322 e. The van der Waals surface area contributed by atoms with Crippen molar-refractivity contribution in [3.63, 3.8) is 0 Å². The largest absolute Gasteiger partial charge is 0.545 e. The van der Waals surface area contributed by atoms with E-state index >= 15 is 0 Å². The standard InChI is InChI=1S/C14H18N2O3S/c17-13(18)11-9-5-1-2-6-10(9)20-12(11)15-14(19)16-7-3-4-8-16/h1-8H2,(H,15,19)(H,17,18)/p-1. The van der Waals surface area contributed by atoms with E-state index in [1.807, 2.05) is 0 Å². The monoisotopic (exact) mass is 293 g/mol. The van der Waals surface area contributed by atoms with E-state index in [-0.39, 0.29) is 11.6 Å². The van der Waals surface area contributed by atoms with Crippen molar-refractivity contribution in [1.29, 1.82) is 0 Å². The summed E-state index contributed by atoms with van der Waals surface area (Å²) in [6, 6.07) is -0.191. The van der Waals surface area contributed by atoms with E-state index in [0.717, 1.165) is 62.1 Å². The number of aryl methyl sites for hydroxylation is 1. The fourth-order valence-electron chi connectivity index (χ4n) is 2.97. The van der Waals surface area contributed by atoms with Crippen molar-refractivity contribution in [1.82, 2.24) is 4.90 Å². The van der Waals surface area contributed by atoms with Crippen LogP contribution in [0.15, 0.2) is 0 Å². The number of carbonyl (C=O) groups is 2. The van der Waals surface area contributed by atoms with Crippen molar-refractivity contribution in [3.8, 4) is 0 Å². The van der Waals surface area contributed by atoms with Gasteiger partial charge in [0.05, 0.1) is 5.97 Å². The molecule has 1 fully saturated rings. The number of nitrogens with zero attached hydrogens (tertiary/aromatic N) is 1. The summed E-state index contributed by atoms with van der Waals surface area (Å²) < 4.78 is 0. The Morgan fingerprint density at radius 1 is 1.10 bits per heavy atom. The Labute approximate surface area is 121 Å². The summed E-state index contributed by atoms with van der Waals surface area (Å²) in [6.45, 7) is 1.50. The lowest BCUT2D eigenvalue weighted by Crippen LogP contribution is -2.33. The van der Waals surface area contributed by atoms with Gasteiger partial charge in [-0.2, -0.15) is 0 Å². The first-order valence-electron chi connectivity index (χ1n) is 7.08. The number of rotatable bonds is 2. The van der Waals surface area contributed by atoms with Crippen LogP contribution in [0.4, 0.5) is 9.80 Å². The van der Waals surface area contributed by atoms with E-state index in [0.29, 0.717) is 5.00 Å². The molecule has 1 aliphatic carbocycles. The van der Waals surface area contributed by atoms with Crippen molar-refractivity contribution in [3.05, 3.63) is 16.0 Å². The molecule has 20 heavy (non-hydrogen) atoms. The highest BCUT2D eigenvalue weighted by molar-refractivity contribution is 7.17. The molecule has 3 rings (SSSR count). The van der Waals surface area contributed by atoms with E-state index in [1.165, 1.54) is 11.3 Å². The number of amides is 2. The van der Waals surface area contributed by atoms with E-state index in [1.54, 1.807) is 4.90 Å². The highest BCUT2D eigenvalue weighted by Crippen LogP contribution is 2.38. The van der Waals surface area contributed by atoms with Gasteiger partial charge in [-0.05, 0) is 44.1 Å². The second-order valence-electron chi connectivity index (χ2n) is 5.33. The van der Waals surface area contributed by atoms with Crippen molar-refractivity contribution in [2.24, 2.45) is 0 Å². The average Bonchev–Trinajstić information content (AvgIpc) is 3.05.